The van der Waals surface area contributed by atoms with Crippen molar-refractivity contribution in [2.24, 2.45) is 0 Å². The maximum Gasteiger partial charge on any atom is -0.0110 e. The molecule has 0 amide bonds. The molecular formula is C11H20S. The maximum atomic E-state index is 2.31. The second-order valence-electron chi connectivity index (χ2n) is 3.43. The van der Waals surface area contributed by atoms with E-state index in [1.807, 2.05) is 6.92 Å². The Hall–Kier alpha value is -0.430. The minimum Gasteiger partial charge on any atom is -0.223 e. The van der Waals surface area contributed by atoms with Crippen molar-refractivity contribution in [1.29, 1.82) is 0 Å². The monoisotopic (exact) mass is 184 g/mol. The zero-order valence-electron chi connectivity index (χ0n) is 8.79. The lowest BCUT2D eigenvalue weighted by molar-refractivity contribution is 1.67. The fourth-order valence-electron chi connectivity index (χ4n) is 0.819. The Balaban J connectivity index is 4.67. The minimum atomic E-state index is -0.576. The molecule has 70 valence electrons. The van der Waals surface area contributed by atoms with Crippen LogP contribution in [0, 0.1) is 0 Å². The van der Waals surface area contributed by atoms with Crippen LogP contribution in [0.2, 0.25) is 0 Å². The van der Waals surface area contributed by atoms with Crippen LogP contribution >= 0.6 is 10.0 Å². The average Bonchev–Trinajstić information content (AvgIpc) is 1.95. The molecule has 12 heavy (non-hydrogen) atoms. The first-order valence-corrected chi connectivity index (χ1v) is 7.02. The van der Waals surface area contributed by atoms with Gasteiger partial charge < -0.3 is 0 Å². The molecule has 0 fully saturated rings. The Bertz CT molecular complexity index is 202. The van der Waals surface area contributed by atoms with Crippen LogP contribution in [-0.2, 0) is 0 Å². The molecule has 0 aliphatic carbocycles. The second-order valence-corrected chi connectivity index (χ2v) is 7.58. The molecule has 0 aliphatic heterocycles. The van der Waals surface area contributed by atoms with Crippen molar-refractivity contribution >= 4 is 10.0 Å². The summed E-state index contributed by atoms with van der Waals surface area (Å²) in [5, 5.41) is 0. The largest absolute Gasteiger partial charge is 0.223 e. The molecule has 0 atom stereocenters. The third-order valence-electron chi connectivity index (χ3n) is 1.49. The molecule has 0 radical (unpaired) electrons. The van der Waals surface area contributed by atoms with Crippen LogP contribution in [0.5, 0.6) is 0 Å². The minimum absolute atomic E-state index is 0.576. The summed E-state index contributed by atoms with van der Waals surface area (Å²) >= 11 is 0. The molecule has 0 spiro atoms. The molecule has 0 unspecified atom stereocenters. The van der Waals surface area contributed by atoms with Crippen LogP contribution in [0.1, 0.15) is 13.8 Å². The van der Waals surface area contributed by atoms with E-state index < -0.39 is 10.0 Å². The quantitative estimate of drug-likeness (QED) is 0.586. The number of hydrogen-bond donors (Lipinski definition) is 0. The lowest BCUT2D eigenvalue weighted by Crippen LogP contribution is -1.93. The van der Waals surface area contributed by atoms with Gasteiger partial charge in [0.05, 0.1) is 0 Å². The van der Waals surface area contributed by atoms with Crippen molar-refractivity contribution in [1.82, 2.24) is 0 Å². The van der Waals surface area contributed by atoms with Gasteiger partial charge in [-0.3, -0.25) is 0 Å². The van der Waals surface area contributed by atoms with Crippen LogP contribution in [0.15, 0.2) is 35.3 Å². The highest BCUT2D eigenvalue weighted by atomic mass is 32.3. The van der Waals surface area contributed by atoms with Crippen LogP contribution in [0.4, 0.5) is 0 Å². The zero-order valence-corrected chi connectivity index (χ0v) is 9.61. The Morgan fingerprint density at radius 1 is 1.00 bits per heavy atom. The third kappa shape index (κ3) is 4.45. The van der Waals surface area contributed by atoms with Crippen LogP contribution in [0.3, 0.4) is 0 Å². The number of rotatable bonds is 3. The number of allylic oxidation sites excluding steroid dienone is 5. The van der Waals surface area contributed by atoms with Gasteiger partial charge in [-0.2, -0.15) is 0 Å². The van der Waals surface area contributed by atoms with E-state index in [4.69, 9.17) is 0 Å². The standard InChI is InChI=1S/C11H20S/c1-6-8-10-11(9-7-2)12(3,4)5/h6-10H,1-5H3/b8-6-,9-7-,11-10+. The summed E-state index contributed by atoms with van der Waals surface area (Å²) in [6.07, 6.45) is 17.6. The predicted molar refractivity (Wildman–Crippen MR) is 63.1 cm³/mol. The van der Waals surface area contributed by atoms with Crippen molar-refractivity contribution in [3.05, 3.63) is 35.3 Å². The molecule has 0 nitrogen and oxygen atoms in total. The highest BCUT2D eigenvalue weighted by molar-refractivity contribution is 8.35. The molecule has 0 aromatic rings. The van der Waals surface area contributed by atoms with Gasteiger partial charge in [-0.05, 0) is 37.5 Å². The molecule has 0 N–H and O–H groups in total. The van der Waals surface area contributed by atoms with Gasteiger partial charge in [0.2, 0.25) is 0 Å². The smallest absolute Gasteiger partial charge is 0.0110 e. The normalized spacial score (nSPS) is 16.2. The Morgan fingerprint density at radius 2 is 1.58 bits per heavy atom. The van der Waals surface area contributed by atoms with E-state index in [0.717, 1.165) is 0 Å². The molecule has 0 aromatic carbocycles. The van der Waals surface area contributed by atoms with Crippen LogP contribution < -0.4 is 0 Å². The summed E-state index contributed by atoms with van der Waals surface area (Å²) in [4.78, 5) is 1.45. The molecule has 0 bridgehead atoms. The first-order chi connectivity index (χ1) is 5.52. The summed E-state index contributed by atoms with van der Waals surface area (Å²) in [5.41, 5.74) is 0. The summed E-state index contributed by atoms with van der Waals surface area (Å²) in [6.45, 7) is 4.11. The first-order valence-electron chi connectivity index (χ1n) is 4.16. The molecule has 0 saturated carbocycles. The third-order valence-corrected chi connectivity index (χ3v) is 3.18. The topological polar surface area (TPSA) is 0 Å². The van der Waals surface area contributed by atoms with E-state index in [-0.39, 0.29) is 0 Å². The van der Waals surface area contributed by atoms with E-state index in [1.165, 1.54) is 4.91 Å². The summed E-state index contributed by atoms with van der Waals surface area (Å²) in [5.74, 6) is 0. The van der Waals surface area contributed by atoms with Crippen LogP contribution in [-0.4, -0.2) is 18.8 Å². The van der Waals surface area contributed by atoms with Gasteiger partial charge in [0.25, 0.3) is 0 Å². The molecule has 0 rings (SSSR count). The van der Waals surface area contributed by atoms with E-state index in [1.54, 1.807) is 0 Å². The van der Waals surface area contributed by atoms with Crippen molar-refractivity contribution < 1.29 is 0 Å². The van der Waals surface area contributed by atoms with E-state index in [0.29, 0.717) is 0 Å². The Kier molecular flexibility index (Phi) is 5.07. The van der Waals surface area contributed by atoms with Gasteiger partial charge in [0.15, 0.2) is 0 Å². The van der Waals surface area contributed by atoms with Gasteiger partial charge in [-0.15, -0.1) is 0 Å². The van der Waals surface area contributed by atoms with Crippen LogP contribution in [0.25, 0.3) is 0 Å². The van der Waals surface area contributed by atoms with Gasteiger partial charge in [-0.1, -0.05) is 30.4 Å². The molecule has 0 heterocycles. The summed E-state index contributed by atoms with van der Waals surface area (Å²) in [7, 11) is -0.576. The lowest BCUT2D eigenvalue weighted by Gasteiger charge is -2.26. The van der Waals surface area contributed by atoms with Gasteiger partial charge in [-0.25, -0.2) is 10.0 Å². The van der Waals surface area contributed by atoms with Gasteiger partial charge in [0, 0.05) is 0 Å². The molecule has 0 saturated heterocycles. The first kappa shape index (κ1) is 11.6. The highest BCUT2D eigenvalue weighted by Crippen LogP contribution is 2.45. The SMILES string of the molecule is C\C=C/C=C(\C=C/C)S(C)(C)C. The van der Waals surface area contributed by atoms with Crippen molar-refractivity contribution in [3.63, 3.8) is 0 Å². The maximum absolute atomic E-state index is 2.31. The molecular weight excluding hydrogens is 164 g/mol. The second kappa shape index (κ2) is 5.26. The summed E-state index contributed by atoms with van der Waals surface area (Å²) in [6, 6.07) is 0. The fourth-order valence-corrected chi connectivity index (χ4v) is 1.85. The molecule has 0 aromatic heterocycles. The van der Waals surface area contributed by atoms with E-state index in [9.17, 15) is 0 Å². The van der Waals surface area contributed by atoms with E-state index in [2.05, 4.69) is 56.1 Å². The Morgan fingerprint density at radius 3 is 1.92 bits per heavy atom. The van der Waals surface area contributed by atoms with Crippen molar-refractivity contribution in [2.45, 2.75) is 13.8 Å². The van der Waals surface area contributed by atoms with Crippen molar-refractivity contribution in [2.75, 3.05) is 18.8 Å². The molecule has 1 heteroatoms. The van der Waals surface area contributed by atoms with Gasteiger partial charge >= 0.3 is 0 Å². The lowest BCUT2D eigenvalue weighted by atomic mass is 10.4. The Labute approximate surface area is 78.4 Å². The fraction of sp³-hybridized carbons (Fsp3) is 0.455. The van der Waals surface area contributed by atoms with E-state index >= 15 is 0 Å². The van der Waals surface area contributed by atoms with Gasteiger partial charge in [0.1, 0.15) is 0 Å². The predicted octanol–water partition coefficient (Wildman–Crippen LogP) is 3.72. The van der Waals surface area contributed by atoms with Crippen molar-refractivity contribution in [3.8, 4) is 0 Å². The average molecular weight is 184 g/mol. The number of hydrogen-bond acceptors (Lipinski definition) is 0. The molecule has 0 aliphatic rings. The summed E-state index contributed by atoms with van der Waals surface area (Å²) < 4.78 is 0. The zero-order chi connectivity index (χ0) is 9.61. The highest BCUT2D eigenvalue weighted by Gasteiger charge is 2.06.